The van der Waals surface area contributed by atoms with Crippen molar-refractivity contribution < 1.29 is 17.6 Å². The van der Waals surface area contributed by atoms with E-state index in [0.29, 0.717) is 22.2 Å². The van der Waals surface area contributed by atoms with Gasteiger partial charge in [-0.15, -0.1) is 0 Å². The molecule has 0 aliphatic carbocycles. The van der Waals surface area contributed by atoms with Crippen LogP contribution < -0.4 is 20.3 Å². The average molecular weight is 625 g/mol. The van der Waals surface area contributed by atoms with Gasteiger partial charge in [0.25, 0.3) is 5.91 Å². The number of carbonyl (C=O) groups is 1. The summed E-state index contributed by atoms with van der Waals surface area (Å²) in [5.41, 5.74) is 2.28. The lowest BCUT2D eigenvalue weighted by Crippen LogP contribution is -2.34. The number of rotatable bonds is 10. The Morgan fingerprint density at radius 2 is 1.79 bits per heavy atom. The third kappa shape index (κ3) is 6.24. The molecule has 0 saturated heterocycles. The lowest BCUT2D eigenvalue weighted by molar-refractivity contribution is 0.0954. The average Bonchev–Trinajstić information content (AvgIpc) is 3.39. The van der Waals surface area contributed by atoms with Crippen LogP contribution in [0, 0.1) is 6.08 Å². The summed E-state index contributed by atoms with van der Waals surface area (Å²) in [7, 11) is -0.0635. The zero-order valence-electron chi connectivity index (χ0n) is 23.9. The van der Waals surface area contributed by atoms with E-state index in [1.54, 1.807) is 35.2 Å². The Morgan fingerprint density at radius 1 is 1.05 bits per heavy atom. The maximum absolute atomic E-state index is 14.2. The summed E-state index contributed by atoms with van der Waals surface area (Å²) >= 11 is 6.40. The van der Waals surface area contributed by atoms with Gasteiger partial charge in [-0.05, 0) is 44.2 Å². The van der Waals surface area contributed by atoms with Crippen LogP contribution in [0.4, 0.5) is 21.6 Å². The largest absolute Gasteiger partial charge is 0.377 e. The van der Waals surface area contributed by atoms with Gasteiger partial charge in [0.2, 0.25) is 10.0 Å². The Balaban J connectivity index is 1.23. The number of hydrogen-bond donors (Lipinski definition) is 3. The summed E-state index contributed by atoms with van der Waals surface area (Å²) in [6.07, 6.45) is 0.659. The molecule has 2 aromatic heterocycles. The van der Waals surface area contributed by atoms with Crippen molar-refractivity contribution in [3.05, 3.63) is 77.6 Å². The van der Waals surface area contributed by atoms with Crippen molar-refractivity contribution in [2.24, 2.45) is 0 Å². The molecule has 0 fully saturated rings. The molecule has 5 aromatic rings. The van der Waals surface area contributed by atoms with Gasteiger partial charge < -0.3 is 20.1 Å². The molecule has 0 spiro atoms. The number of halogens is 2. The normalized spacial score (nSPS) is 11.8. The number of nitrogens with zero attached hydrogens (tertiary/aromatic N) is 5. The predicted octanol–water partition coefficient (Wildman–Crippen LogP) is 4.87. The number of hydrogen-bond acceptors (Lipinski definition) is 8. The molecule has 0 radical (unpaired) electrons. The molecule has 11 nitrogen and oxygen atoms in total. The minimum atomic E-state index is -3.86. The lowest BCUT2D eigenvalue weighted by atomic mass is 10.1. The van der Waals surface area contributed by atoms with E-state index >= 15 is 0 Å². The van der Waals surface area contributed by atoms with Gasteiger partial charge in [-0.3, -0.25) is 4.79 Å². The third-order valence-electron chi connectivity index (χ3n) is 6.76. The smallest absolute Gasteiger partial charge is 0.312 e. The summed E-state index contributed by atoms with van der Waals surface area (Å²) in [5, 5.41) is 7.22. The summed E-state index contributed by atoms with van der Waals surface area (Å²) in [5.74, 6) is -0.325. The number of anilines is 3. The number of nitrogens with one attached hydrogen (secondary N) is 3. The van der Waals surface area contributed by atoms with E-state index in [4.69, 9.17) is 11.6 Å². The van der Waals surface area contributed by atoms with Crippen LogP contribution in [-0.2, 0) is 10.0 Å². The highest BCUT2D eigenvalue weighted by atomic mass is 35.5. The van der Waals surface area contributed by atoms with E-state index in [1.807, 2.05) is 51.0 Å². The molecule has 43 heavy (non-hydrogen) atoms. The zero-order chi connectivity index (χ0) is 30.9. The van der Waals surface area contributed by atoms with Crippen molar-refractivity contribution in [1.82, 2.24) is 29.6 Å². The molecule has 224 valence electrons. The minimum Gasteiger partial charge on any atom is -0.377 e. The first-order valence-electron chi connectivity index (χ1n) is 13.4. The van der Waals surface area contributed by atoms with Crippen molar-refractivity contribution in [2.75, 3.05) is 37.4 Å². The molecule has 5 rings (SSSR count). The van der Waals surface area contributed by atoms with E-state index in [9.17, 15) is 17.6 Å². The molecule has 0 aliphatic heterocycles. The fourth-order valence-electron chi connectivity index (χ4n) is 4.69. The Morgan fingerprint density at radius 3 is 2.51 bits per heavy atom. The molecule has 14 heteroatoms. The van der Waals surface area contributed by atoms with Crippen LogP contribution >= 0.6 is 11.6 Å². The molecule has 1 amide bonds. The summed E-state index contributed by atoms with van der Waals surface area (Å²) < 4.78 is 44.7. The highest BCUT2D eigenvalue weighted by Crippen LogP contribution is 2.30. The molecule has 0 bridgehead atoms. The van der Waals surface area contributed by atoms with E-state index in [-0.39, 0.29) is 40.4 Å². The number of sulfonamides is 1. The Bertz CT molecular complexity index is 1950. The van der Waals surface area contributed by atoms with Crippen LogP contribution in [0.2, 0.25) is 5.02 Å². The summed E-state index contributed by atoms with van der Waals surface area (Å²) in [4.78, 5) is 26.9. The monoisotopic (exact) mass is 624 g/mol. The van der Waals surface area contributed by atoms with Gasteiger partial charge in [-0.2, -0.15) is 14.4 Å². The number of aromatic nitrogens is 4. The predicted molar refractivity (Wildman–Crippen MR) is 166 cm³/mol. The Kier molecular flexibility index (Phi) is 8.49. The molecule has 3 N–H and O–H groups in total. The molecular weight excluding hydrogens is 595 g/mol. The van der Waals surface area contributed by atoms with Gasteiger partial charge in [0, 0.05) is 55.4 Å². The number of amides is 1. The van der Waals surface area contributed by atoms with Gasteiger partial charge in [-0.1, -0.05) is 35.9 Å². The summed E-state index contributed by atoms with van der Waals surface area (Å²) in [6.45, 7) is 3.85. The fourth-order valence-corrected chi connectivity index (χ4v) is 6.21. The van der Waals surface area contributed by atoms with Gasteiger partial charge in [0.1, 0.15) is 0 Å². The molecule has 3 aromatic carbocycles. The minimum absolute atomic E-state index is 0.0178. The summed E-state index contributed by atoms with van der Waals surface area (Å²) in [6, 6.07) is 15.3. The van der Waals surface area contributed by atoms with Crippen molar-refractivity contribution in [3.8, 4) is 0 Å². The van der Waals surface area contributed by atoms with Crippen molar-refractivity contribution in [2.45, 2.75) is 24.8 Å². The van der Waals surface area contributed by atoms with Crippen LogP contribution in [0.15, 0.2) is 65.8 Å². The molecule has 0 saturated carbocycles. The fraction of sp³-hybridized carbons (Fsp3) is 0.241. The maximum Gasteiger partial charge on any atom is 0.312 e. The first-order valence-corrected chi connectivity index (χ1v) is 15.3. The first kappa shape index (κ1) is 30.1. The second-order valence-electron chi connectivity index (χ2n) is 10.3. The second-order valence-corrected chi connectivity index (χ2v) is 12.4. The maximum atomic E-state index is 14.2. The van der Waals surface area contributed by atoms with Crippen molar-refractivity contribution >= 4 is 66.7 Å². The van der Waals surface area contributed by atoms with E-state index in [1.165, 1.54) is 12.1 Å². The van der Waals surface area contributed by atoms with Gasteiger partial charge >= 0.3 is 6.08 Å². The zero-order valence-corrected chi connectivity index (χ0v) is 25.5. The third-order valence-corrected chi connectivity index (χ3v) is 8.59. The van der Waals surface area contributed by atoms with Crippen molar-refractivity contribution in [3.63, 3.8) is 0 Å². The first-order chi connectivity index (χ1) is 20.5. The van der Waals surface area contributed by atoms with Gasteiger partial charge in [0.05, 0.1) is 21.8 Å². The van der Waals surface area contributed by atoms with E-state index in [0.717, 1.165) is 11.1 Å². The quantitative estimate of drug-likeness (QED) is 0.148. The van der Waals surface area contributed by atoms with E-state index in [2.05, 4.69) is 30.3 Å². The van der Waals surface area contributed by atoms with E-state index < -0.39 is 22.0 Å². The van der Waals surface area contributed by atoms with Crippen LogP contribution in [0.25, 0.3) is 21.9 Å². The SMILES string of the molecule is CC(C)n1cnc2c(Nc3ccc(C(=O)NCCNS(=O)(=O)c4cccc5c(N(C)C)cccc45)c(Cl)c3)nc(F)nc21. The van der Waals surface area contributed by atoms with Crippen LogP contribution in [0.3, 0.4) is 0 Å². The molecular formula is C29H30ClFN8O3S. The molecule has 0 aliphatic rings. The molecule has 2 heterocycles. The highest BCUT2D eigenvalue weighted by molar-refractivity contribution is 7.89. The molecule has 0 atom stereocenters. The van der Waals surface area contributed by atoms with Gasteiger partial charge in [0.15, 0.2) is 17.0 Å². The van der Waals surface area contributed by atoms with Gasteiger partial charge in [-0.25, -0.2) is 18.1 Å². The molecule has 0 unspecified atom stereocenters. The van der Waals surface area contributed by atoms with Crippen LogP contribution in [0.5, 0.6) is 0 Å². The van der Waals surface area contributed by atoms with Crippen LogP contribution in [0.1, 0.15) is 30.2 Å². The number of fused-ring (bicyclic) bond motifs is 2. The Hall–Kier alpha value is -4.33. The standard InChI is InChI=1S/C29H30ClFN8O3S/c1-17(2)39-16-33-25-26(36-29(31)37-27(25)39)35-18-11-12-21(22(30)15-18)28(40)32-13-14-34-43(41,42)24-10-6-7-19-20(24)8-5-9-23(19)38(3)4/h5-12,15-17,34H,13-14H2,1-4H3,(H,32,40)(H,35,36,37). The topological polar surface area (TPSA) is 134 Å². The highest BCUT2D eigenvalue weighted by Gasteiger charge is 2.19. The van der Waals surface area contributed by atoms with Crippen molar-refractivity contribution in [1.29, 1.82) is 0 Å². The lowest BCUT2D eigenvalue weighted by Gasteiger charge is -2.17. The van der Waals surface area contributed by atoms with Crippen LogP contribution in [-0.4, -0.2) is 61.0 Å². The second kappa shape index (κ2) is 12.1. The Labute approximate surface area is 253 Å². The number of imidazole rings is 1. The number of benzene rings is 3. The number of carbonyl (C=O) groups excluding carboxylic acids is 1.